The minimum absolute atomic E-state index is 0. The molecule has 1 fully saturated rings. The van der Waals surface area contributed by atoms with Crippen molar-refractivity contribution < 1.29 is 4.79 Å². The third kappa shape index (κ3) is 5.09. The van der Waals surface area contributed by atoms with Gasteiger partial charge in [0.05, 0.1) is 6.04 Å². The lowest BCUT2D eigenvalue weighted by molar-refractivity contribution is -0.123. The number of halogens is 1. The number of hydrogen-bond donors (Lipinski definition) is 3. The van der Waals surface area contributed by atoms with Gasteiger partial charge in [-0.1, -0.05) is 18.2 Å². The van der Waals surface area contributed by atoms with Gasteiger partial charge in [-0.05, 0) is 38.4 Å². The Bertz CT molecular complexity index is 380. The maximum atomic E-state index is 11.9. The molecular formula is C14H22ClN3O. The lowest BCUT2D eigenvalue weighted by Gasteiger charge is -2.18. The summed E-state index contributed by atoms with van der Waals surface area (Å²) in [5.74, 6) is 0.120. The van der Waals surface area contributed by atoms with Crippen LogP contribution in [0.5, 0.6) is 0 Å². The van der Waals surface area contributed by atoms with Crippen molar-refractivity contribution in [1.82, 2.24) is 10.6 Å². The Morgan fingerprint density at radius 1 is 1.42 bits per heavy atom. The minimum Gasteiger partial charge on any atom is -0.383 e. The molecule has 1 aliphatic rings. The number of amides is 1. The molecular weight excluding hydrogens is 262 g/mol. The molecule has 1 saturated heterocycles. The van der Waals surface area contributed by atoms with Gasteiger partial charge in [0, 0.05) is 18.3 Å². The quantitative estimate of drug-likeness (QED) is 0.772. The highest BCUT2D eigenvalue weighted by Gasteiger charge is 2.22. The van der Waals surface area contributed by atoms with Crippen LogP contribution in [0.3, 0.4) is 0 Å². The fourth-order valence-corrected chi connectivity index (χ4v) is 2.13. The van der Waals surface area contributed by atoms with Gasteiger partial charge in [-0.15, -0.1) is 12.4 Å². The van der Waals surface area contributed by atoms with Gasteiger partial charge in [-0.2, -0.15) is 0 Å². The number of benzene rings is 1. The maximum Gasteiger partial charge on any atom is 0.237 e. The Morgan fingerprint density at radius 3 is 2.79 bits per heavy atom. The highest BCUT2D eigenvalue weighted by molar-refractivity contribution is 5.85. The summed E-state index contributed by atoms with van der Waals surface area (Å²) >= 11 is 0. The van der Waals surface area contributed by atoms with E-state index in [2.05, 4.69) is 16.0 Å². The molecule has 5 heteroatoms. The van der Waals surface area contributed by atoms with Gasteiger partial charge in [0.25, 0.3) is 0 Å². The Morgan fingerprint density at radius 2 is 2.16 bits per heavy atom. The van der Waals surface area contributed by atoms with Crippen LogP contribution < -0.4 is 16.0 Å². The Balaban J connectivity index is 0.00000180. The first kappa shape index (κ1) is 15.8. The minimum atomic E-state index is 0. The molecule has 19 heavy (non-hydrogen) atoms. The van der Waals surface area contributed by atoms with Gasteiger partial charge < -0.3 is 16.0 Å². The van der Waals surface area contributed by atoms with Crippen LogP contribution in [0.1, 0.15) is 19.8 Å². The summed E-state index contributed by atoms with van der Waals surface area (Å²) in [5, 5.41) is 9.54. The van der Waals surface area contributed by atoms with Gasteiger partial charge in [0.1, 0.15) is 0 Å². The normalized spacial score (nSPS) is 19.3. The zero-order valence-corrected chi connectivity index (χ0v) is 12.0. The first-order valence-corrected chi connectivity index (χ1v) is 6.58. The summed E-state index contributed by atoms with van der Waals surface area (Å²) in [4.78, 5) is 11.9. The van der Waals surface area contributed by atoms with Crippen molar-refractivity contribution in [3.63, 3.8) is 0 Å². The van der Waals surface area contributed by atoms with Crippen molar-refractivity contribution in [2.75, 3.05) is 18.4 Å². The van der Waals surface area contributed by atoms with Gasteiger partial charge in [0.2, 0.25) is 5.91 Å². The number of carbonyl (C=O) groups is 1. The van der Waals surface area contributed by atoms with Crippen molar-refractivity contribution in [3.05, 3.63) is 30.3 Å². The monoisotopic (exact) mass is 283 g/mol. The molecule has 2 unspecified atom stereocenters. The molecule has 0 aromatic heterocycles. The zero-order chi connectivity index (χ0) is 12.8. The second-order valence-corrected chi connectivity index (χ2v) is 4.81. The van der Waals surface area contributed by atoms with E-state index in [1.54, 1.807) is 0 Å². The lowest BCUT2D eigenvalue weighted by Crippen LogP contribution is -2.46. The molecule has 0 spiro atoms. The number of para-hydroxylation sites is 1. The summed E-state index contributed by atoms with van der Waals surface area (Å²) < 4.78 is 0. The molecule has 4 nitrogen and oxygen atoms in total. The third-order valence-corrected chi connectivity index (χ3v) is 3.15. The second-order valence-electron chi connectivity index (χ2n) is 4.81. The molecule has 2 rings (SSSR count). The summed E-state index contributed by atoms with van der Waals surface area (Å²) in [6, 6.07) is 10.1. The smallest absolute Gasteiger partial charge is 0.237 e. The zero-order valence-electron chi connectivity index (χ0n) is 11.2. The van der Waals surface area contributed by atoms with Crippen LogP contribution in [0.15, 0.2) is 30.3 Å². The number of hydrogen-bond acceptors (Lipinski definition) is 3. The molecule has 2 atom stereocenters. The van der Waals surface area contributed by atoms with Gasteiger partial charge in [-0.25, -0.2) is 0 Å². The largest absolute Gasteiger partial charge is 0.383 e. The van der Waals surface area contributed by atoms with Crippen LogP contribution in [0.4, 0.5) is 5.69 Å². The van der Waals surface area contributed by atoms with E-state index in [0.717, 1.165) is 31.6 Å². The van der Waals surface area contributed by atoms with Crippen molar-refractivity contribution in [1.29, 1.82) is 0 Å². The molecule has 106 valence electrons. The van der Waals surface area contributed by atoms with E-state index < -0.39 is 0 Å². The van der Waals surface area contributed by atoms with Crippen LogP contribution >= 0.6 is 12.4 Å². The predicted octanol–water partition coefficient (Wildman–Crippen LogP) is 1.78. The molecule has 0 radical (unpaired) electrons. The van der Waals surface area contributed by atoms with Crippen molar-refractivity contribution >= 4 is 24.0 Å². The SMILES string of the molecule is CC(CNc1ccccc1)NC(=O)C1CCCN1.Cl. The number of rotatable bonds is 5. The fourth-order valence-electron chi connectivity index (χ4n) is 2.13. The highest BCUT2D eigenvalue weighted by atomic mass is 35.5. The standard InChI is InChI=1S/C14H21N3O.ClH/c1-11(10-16-12-6-3-2-4-7-12)17-14(18)13-8-5-9-15-13;/h2-4,6-7,11,13,15-16H,5,8-10H2,1H3,(H,17,18);1H. The van der Waals surface area contributed by atoms with E-state index in [9.17, 15) is 4.79 Å². The summed E-state index contributed by atoms with van der Waals surface area (Å²) in [6.07, 6.45) is 2.04. The average Bonchev–Trinajstić information content (AvgIpc) is 2.91. The molecule has 0 saturated carbocycles. The maximum absolute atomic E-state index is 11.9. The van der Waals surface area contributed by atoms with E-state index >= 15 is 0 Å². The molecule has 1 aromatic rings. The van der Waals surface area contributed by atoms with Crippen LogP contribution in [-0.4, -0.2) is 31.1 Å². The molecule has 1 heterocycles. The first-order chi connectivity index (χ1) is 8.75. The average molecular weight is 284 g/mol. The van der Waals surface area contributed by atoms with E-state index in [4.69, 9.17) is 0 Å². The summed E-state index contributed by atoms with van der Waals surface area (Å²) in [5.41, 5.74) is 1.08. The summed E-state index contributed by atoms with van der Waals surface area (Å²) in [6.45, 7) is 3.71. The Kier molecular flexibility index (Phi) is 6.67. The number of nitrogens with one attached hydrogen (secondary N) is 3. The fraction of sp³-hybridized carbons (Fsp3) is 0.500. The molecule has 1 aliphatic heterocycles. The second kappa shape index (κ2) is 8.02. The van der Waals surface area contributed by atoms with Crippen molar-refractivity contribution in [3.8, 4) is 0 Å². The highest BCUT2D eigenvalue weighted by Crippen LogP contribution is 2.06. The van der Waals surface area contributed by atoms with Crippen LogP contribution in [-0.2, 0) is 4.79 Å². The molecule has 1 amide bonds. The number of anilines is 1. The van der Waals surface area contributed by atoms with Crippen molar-refractivity contribution in [2.45, 2.75) is 31.8 Å². The van der Waals surface area contributed by atoms with Gasteiger partial charge in [0.15, 0.2) is 0 Å². The molecule has 0 bridgehead atoms. The van der Waals surface area contributed by atoms with E-state index in [1.807, 2.05) is 37.3 Å². The van der Waals surface area contributed by atoms with E-state index in [0.29, 0.717) is 0 Å². The summed E-state index contributed by atoms with van der Waals surface area (Å²) in [7, 11) is 0. The van der Waals surface area contributed by atoms with Gasteiger partial charge >= 0.3 is 0 Å². The third-order valence-electron chi connectivity index (χ3n) is 3.15. The van der Waals surface area contributed by atoms with Gasteiger partial charge in [-0.3, -0.25) is 4.79 Å². The van der Waals surface area contributed by atoms with Crippen LogP contribution in [0, 0.1) is 0 Å². The Labute approximate surface area is 120 Å². The van der Waals surface area contributed by atoms with Crippen LogP contribution in [0.2, 0.25) is 0 Å². The van der Waals surface area contributed by atoms with E-state index in [-0.39, 0.29) is 30.4 Å². The lowest BCUT2D eigenvalue weighted by atomic mass is 10.2. The van der Waals surface area contributed by atoms with Crippen LogP contribution in [0.25, 0.3) is 0 Å². The van der Waals surface area contributed by atoms with Crippen molar-refractivity contribution in [2.24, 2.45) is 0 Å². The first-order valence-electron chi connectivity index (χ1n) is 6.58. The Hall–Kier alpha value is -1.26. The molecule has 0 aliphatic carbocycles. The molecule has 1 aromatic carbocycles. The molecule has 3 N–H and O–H groups in total. The number of carbonyl (C=O) groups excluding carboxylic acids is 1. The van der Waals surface area contributed by atoms with E-state index in [1.165, 1.54) is 0 Å². The topological polar surface area (TPSA) is 53.2 Å². The predicted molar refractivity (Wildman–Crippen MR) is 80.8 cm³/mol.